The summed E-state index contributed by atoms with van der Waals surface area (Å²) in [6, 6.07) is 24.9. The van der Waals surface area contributed by atoms with Crippen LogP contribution in [0.2, 0.25) is 0 Å². The zero-order valence-electron chi connectivity index (χ0n) is 18.4. The topological polar surface area (TPSA) is 88.5 Å². The van der Waals surface area contributed by atoms with Crippen LogP contribution in [0.5, 0.6) is 0 Å². The van der Waals surface area contributed by atoms with Crippen LogP contribution in [0, 0.1) is 10.1 Å². The highest BCUT2D eigenvalue weighted by Gasteiger charge is 2.25. The van der Waals surface area contributed by atoms with E-state index in [0.717, 1.165) is 38.3 Å². The van der Waals surface area contributed by atoms with Gasteiger partial charge in [0.05, 0.1) is 4.92 Å². The molecule has 0 spiro atoms. The molecule has 0 radical (unpaired) electrons. The second-order valence-electron chi connectivity index (χ2n) is 8.00. The number of halogens is 1. The monoisotopic (exact) mass is 477 g/mol. The molecule has 34 heavy (non-hydrogen) atoms. The Labute approximate surface area is 203 Å². The number of hydrogen-bond donors (Lipinski definition) is 0. The molecule has 2 heterocycles. The van der Waals surface area contributed by atoms with Crippen LogP contribution in [-0.2, 0) is 6.54 Å². The van der Waals surface area contributed by atoms with Gasteiger partial charge in [0.2, 0.25) is 5.82 Å². The van der Waals surface area contributed by atoms with E-state index in [0.29, 0.717) is 17.1 Å². The van der Waals surface area contributed by atoms with Gasteiger partial charge < -0.3 is 9.42 Å². The molecule has 1 aromatic heterocycles. The van der Waals surface area contributed by atoms with Crippen LogP contribution in [0.15, 0.2) is 83.4 Å². The van der Waals surface area contributed by atoms with Gasteiger partial charge in [-0.3, -0.25) is 15.0 Å². The number of anilines is 1. The largest absolute Gasteiger partial charge is 0.363 e. The van der Waals surface area contributed by atoms with Gasteiger partial charge in [-0.1, -0.05) is 65.8 Å². The van der Waals surface area contributed by atoms with E-state index in [4.69, 9.17) is 4.52 Å². The first kappa shape index (κ1) is 23.4. The summed E-state index contributed by atoms with van der Waals surface area (Å²) in [5.74, 6) is 0.711. The van der Waals surface area contributed by atoms with Crippen molar-refractivity contribution in [2.75, 3.05) is 31.1 Å². The van der Waals surface area contributed by atoms with Crippen molar-refractivity contribution in [1.29, 1.82) is 0 Å². The summed E-state index contributed by atoms with van der Waals surface area (Å²) >= 11 is 0. The Morgan fingerprint density at radius 3 is 2.24 bits per heavy atom. The van der Waals surface area contributed by atoms with Gasteiger partial charge in [0.25, 0.3) is 11.6 Å². The zero-order valence-corrected chi connectivity index (χ0v) is 19.2. The van der Waals surface area contributed by atoms with Crippen molar-refractivity contribution in [3.05, 3.63) is 94.5 Å². The molecule has 8 nitrogen and oxygen atoms in total. The van der Waals surface area contributed by atoms with Gasteiger partial charge in [-0.15, -0.1) is 12.4 Å². The third-order valence-corrected chi connectivity index (χ3v) is 5.84. The average molecular weight is 478 g/mol. The Morgan fingerprint density at radius 1 is 0.882 bits per heavy atom. The summed E-state index contributed by atoms with van der Waals surface area (Å²) in [5.41, 5.74) is 3.29. The lowest BCUT2D eigenvalue weighted by atomic mass is 10.1. The normalized spacial score (nSPS) is 13.9. The SMILES string of the molecule is Cl.O=[N+]([O-])c1cc(-c2nc(-c3ccccc3)no2)ccc1N1CCN(Cc2ccccc2)CC1. The van der Waals surface area contributed by atoms with Crippen molar-refractivity contribution in [3.8, 4) is 22.8 Å². The molecular weight excluding hydrogens is 454 g/mol. The Kier molecular flexibility index (Phi) is 7.20. The van der Waals surface area contributed by atoms with Crippen molar-refractivity contribution in [2.45, 2.75) is 6.54 Å². The lowest BCUT2D eigenvalue weighted by Crippen LogP contribution is -2.46. The highest BCUT2D eigenvalue weighted by atomic mass is 35.5. The predicted octanol–water partition coefficient (Wildman–Crippen LogP) is 5.06. The fraction of sp³-hybridized carbons (Fsp3) is 0.200. The van der Waals surface area contributed by atoms with Gasteiger partial charge in [0.1, 0.15) is 5.69 Å². The fourth-order valence-electron chi connectivity index (χ4n) is 4.10. The second kappa shape index (κ2) is 10.5. The summed E-state index contributed by atoms with van der Waals surface area (Å²) in [6.07, 6.45) is 0. The first-order valence-electron chi connectivity index (χ1n) is 10.9. The van der Waals surface area contributed by atoms with Crippen LogP contribution in [0.3, 0.4) is 0 Å². The van der Waals surface area contributed by atoms with Gasteiger partial charge in [-0.2, -0.15) is 4.98 Å². The van der Waals surface area contributed by atoms with Crippen LogP contribution < -0.4 is 4.90 Å². The maximum absolute atomic E-state index is 11.9. The van der Waals surface area contributed by atoms with E-state index in [9.17, 15) is 10.1 Å². The molecule has 1 aliphatic heterocycles. The number of rotatable bonds is 6. The molecule has 1 saturated heterocycles. The molecule has 5 rings (SSSR count). The molecule has 0 unspecified atom stereocenters. The smallest absolute Gasteiger partial charge is 0.293 e. The minimum absolute atomic E-state index is 0. The molecule has 174 valence electrons. The summed E-state index contributed by atoms with van der Waals surface area (Å²) in [7, 11) is 0. The Morgan fingerprint density at radius 2 is 1.56 bits per heavy atom. The minimum atomic E-state index is -0.344. The van der Waals surface area contributed by atoms with Crippen molar-refractivity contribution < 1.29 is 9.45 Å². The first-order chi connectivity index (χ1) is 16.2. The molecule has 0 N–H and O–H groups in total. The summed E-state index contributed by atoms with van der Waals surface area (Å²) in [5, 5.41) is 15.9. The van der Waals surface area contributed by atoms with E-state index in [1.807, 2.05) is 48.5 Å². The van der Waals surface area contributed by atoms with E-state index < -0.39 is 0 Å². The van der Waals surface area contributed by atoms with Crippen LogP contribution in [0.1, 0.15) is 5.56 Å². The molecule has 0 saturated carbocycles. The van der Waals surface area contributed by atoms with E-state index in [2.05, 4.69) is 32.1 Å². The Balaban J connectivity index is 0.00000274. The lowest BCUT2D eigenvalue weighted by molar-refractivity contribution is -0.384. The van der Waals surface area contributed by atoms with E-state index in [1.165, 1.54) is 11.6 Å². The first-order valence-corrected chi connectivity index (χ1v) is 10.9. The molecule has 0 aliphatic carbocycles. The zero-order chi connectivity index (χ0) is 22.6. The molecule has 0 amide bonds. The van der Waals surface area contributed by atoms with Crippen molar-refractivity contribution in [2.24, 2.45) is 0 Å². The van der Waals surface area contributed by atoms with Crippen LogP contribution in [0.4, 0.5) is 11.4 Å². The van der Waals surface area contributed by atoms with Crippen LogP contribution >= 0.6 is 12.4 Å². The number of hydrogen-bond acceptors (Lipinski definition) is 7. The molecule has 0 atom stereocenters. The predicted molar refractivity (Wildman–Crippen MR) is 133 cm³/mol. The molecule has 4 aromatic rings. The van der Waals surface area contributed by atoms with Crippen LogP contribution in [0.25, 0.3) is 22.8 Å². The van der Waals surface area contributed by atoms with Gasteiger partial charge in [0.15, 0.2) is 0 Å². The van der Waals surface area contributed by atoms with Crippen molar-refractivity contribution in [3.63, 3.8) is 0 Å². The van der Waals surface area contributed by atoms with E-state index in [-0.39, 0.29) is 28.9 Å². The third-order valence-electron chi connectivity index (χ3n) is 5.84. The number of aromatic nitrogens is 2. The number of nitro groups is 1. The maximum atomic E-state index is 11.9. The van der Waals surface area contributed by atoms with Gasteiger partial charge in [0, 0.05) is 49.9 Å². The minimum Gasteiger partial charge on any atom is -0.363 e. The van der Waals surface area contributed by atoms with Gasteiger partial charge in [-0.05, 0) is 17.7 Å². The number of nitrogens with zero attached hydrogens (tertiary/aromatic N) is 5. The molecule has 1 aliphatic rings. The molecular formula is C25H24ClN5O3. The molecule has 3 aromatic carbocycles. The van der Waals surface area contributed by atoms with Gasteiger partial charge in [-0.25, -0.2) is 0 Å². The third kappa shape index (κ3) is 5.08. The second-order valence-corrected chi connectivity index (χ2v) is 8.00. The van der Waals surface area contributed by atoms with Gasteiger partial charge >= 0.3 is 0 Å². The molecule has 9 heteroatoms. The van der Waals surface area contributed by atoms with E-state index in [1.54, 1.807) is 12.1 Å². The highest BCUT2D eigenvalue weighted by molar-refractivity contribution is 5.85. The summed E-state index contributed by atoms with van der Waals surface area (Å²) in [6.45, 7) is 4.03. The maximum Gasteiger partial charge on any atom is 0.293 e. The fourth-order valence-corrected chi connectivity index (χ4v) is 4.10. The number of nitro benzene ring substituents is 1. The van der Waals surface area contributed by atoms with Crippen LogP contribution in [-0.4, -0.2) is 46.1 Å². The lowest BCUT2D eigenvalue weighted by Gasteiger charge is -2.35. The van der Waals surface area contributed by atoms with E-state index >= 15 is 0 Å². The number of piperazine rings is 1. The quantitative estimate of drug-likeness (QED) is 0.283. The molecule has 1 fully saturated rings. The van der Waals surface area contributed by atoms with Crippen molar-refractivity contribution >= 4 is 23.8 Å². The Hall–Kier alpha value is -3.75. The average Bonchev–Trinajstić information content (AvgIpc) is 3.36. The summed E-state index contributed by atoms with van der Waals surface area (Å²) < 4.78 is 5.39. The standard InChI is InChI=1S/C25H23N5O3.ClH/c31-30(32)23-17-21(25-26-24(27-33-25)20-9-5-2-6-10-20)11-12-22(23)29-15-13-28(14-16-29)18-19-7-3-1-4-8-19;/h1-12,17H,13-16,18H2;1H. The number of benzene rings is 3. The van der Waals surface area contributed by atoms with Crippen molar-refractivity contribution in [1.82, 2.24) is 15.0 Å². The summed E-state index contributed by atoms with van der Waals surface area (Å²) in [4.78, 5) is 20.4. The molecule has 0 bridgehead atoms. The highest BCUT2D eigenvalue weighted by Crippen LogP contribution is 2.34. The Bertz CT molecular complexity index is 1240.